The van der Waals surface area contributed by atoms with E-state index in [1.165, 1.54) is 0 Å². The van der Waals surface area contributed by atoms with E-state index >= 15 is 0 Å². The minimum Gasteiger partial charge on any atom is -0.289 e. The molecule has 1 heterocycles. The van der Waals surface area contributed by atoms with Gasteiger partial charge in [0.1, 0.15) is 0 Å². The first-order valence-electron chi connectivity index (χ1n) is 5.53. The Labute approximate surface area is 102 Å². The molecule has 4 rings (SSSR count). The molecule has 1 aliphatic heterocycles. The predicted octanol–water partition coefficient (Wildman–Crippen LogP) is 2.42. The molecule has 0 radical (unpaired) electrons. The van der Waals surface area contributed by atoms with Crippen LogP contribution in [0.3, 0.4) is 0 Å². The van der Waals surface area contributed by atoms with Crippen molar-refractivity contribution in [1.29, 1.82) is 0 Å². The number of thioether (sulfide) groups is 1. The summed E-state index contributed by atoms with van der Waals surface area (Å²) in [7, 11) is 0. The van der Waals surface area contributed by atoms with Gasteiger partial charge in [-0.25, -0.2) is 0 Å². The van der Waals surface area contributed by atoms with Crippen LogP contribution in [0.25, 0.3) is 0 Å². The molecule has 0 N–H and O–H groups in total. The highest BCUT2D eigenvalue weighted by Gasteiger charge is 2.48. The summed E-state index contributed by atoms with van der Waals surface area (Å²) in [4.78, 5) is 24.7. The molecule has 2 atom stereocenters. The van der Waals surface area contributed by atoms with Gasteiger partial charge in [-0.05, 0) is 0 Å². The van der Waals surface area contributed by atoms with Crippen LogP contribution >= 0.6 is 11.8 Å². The number of carbonyl (C=O) groups excluding carboxylic acids is 2. The van der Waals surface area contributed by atoms with Gasteiger partial charge in [-0.2, -0.15) is 0 Å². The third-order valence-electron chi connectivity index (χ3n) is 3.46. The van der Waals surface area contributed by atoms with Gasteiger partial charge in [0.05, 0.1) is 5.25 Å². The standard InChI is InChI=1S/C14H8O2S/c15-12-7-3-1-2-4-8(7)13(16)11-9(12)5-6-10-14(11)17-10/h1-6,10,14H. The molecule has 2 aliphatic carbocycles. The van der Waals surface area contributed by atoms with Gasteiger partial charge < -0.3 is 0 Å². The van der Waals surface area contributed by atoms with Crippen molar-refractivity contribution >= 4 is 23.3 Å². The molecule has 3 heteroatoms. The predicted molar refractivity (Wildman–Crippen MR) is 66.4 cm³/mol. The van der Waals surface area contributed by atoms with Crippen LogP contribution < -0.4 is 0 Å². The molecule has 1 saturated heterocycles. The topological polar surface area (TPSA) is 34.1 Å². The summed E-state index contributed by atoms with van der Waals surface area (Å²) in [5, 5.41) is 0.635. The maximum Gasteiger partial charge on any atom is 0.194 e. The van der Waals surface area contributed by atoms with Crippen molar-refractivity contribution in [3.8, 4) is 0 Å². The number of benzene rings is 1. The summed E-state index contributed by atoms with van der Waals surface area (Å²) in [6.07, 6.45) is 3.86. The smallest absolute Gasteiger partial charge is 0.194 e. The van der Waals surface area contributed by atoms with Crippen LogP contribution in [0.4, 0.5) is 0 Å². The normalized spacial score (nSPS) is 28.7. The fourth-order valence-electron chi connectivity index (χ4n) is 2.56. The van der Waals surface area contributed by atoms with Crippen molar-refractivity contribution in [2.75, 3.05) is 0 Å². The van der Waals surface area contributed by atoms with Crippen LogP contribution in [-0.2, 0) is 0 Å². The van der Waals surface area contributed by atoms with Crippen molar-refractivity contribution in [2.24, 2.45) is 0 Å². The summed E-state index contributed by atoms with van der Waals surface area (Å²) in [6.45, 7) is 0. The molecular weight excluding hydrogens is 232 g/mol. The molecule has 2 unspecified atom stereocenters. The summed E-state index contributed by atoms with van der Waals surface area (Å²) in [6, 6.07) is 7.10. The Morgan fingerprint density at radius 1 is 1.00 bits per heavy atom. The first-order chi connectivity index (χ1) is 8.27. The molecule has 1 aromatic carbocycles. The Hall–Kier alpha value is -1.61. The van der Waals surface area contributed by atoms with Gasteiger partial charge in [-0.15, -0.1) is 11.8 Å². The summed E-state index contributed by atoms with van der Waals surface area (Å²) >= 11 is 1.75. The molecule has 0 aromatic heterocycles. The summed E-state index contributed by atoms with van der Waals surface area (Å²) in [5.74, 6) is 0.0388. The fourth-order valence-corrected chi connectivity index (χ4v) is 3.57. The van der Waals surface area contributed by atoms with E-state index in [0.717, 1.165) is 5.57 Å². The quantitative estimate of drug-likeness (QED) is 0.653. The summed E-state index contributed by atoms with van der Waals surface area (Å²) < 4.78 is 0. The number of fused-ring (bicyclic) bond motifs is 3. The molecule has 2 nitrogen and oxygen atoms in total. The van der Waals surface area contributed by atoms with Gasteiger partial charge >= 0.3 is 0 Å². The maximum absolute atomic E-state index is 12.4. The van der Waals surface area contributed by atoms with Gasteiger partial charge in [-0.3, -0.25) is 9.59 Å². The number of Topliss-reactive ketones (excluding diaryl/α,β-unsaturated/α-hetero) is 2. The highest BCUT2D eigenvalue weighted by molar-refractivity contribution is 8.08. The average molecular weight is 240 g/mol. The Bertz CT molecular complexity index is 639. The number of carbonyl (C=O) groups is 2. The van der Waals surface area contributed by atoms with E-state index < -0.39 is 0 Å². The van der Waals surface area contributed by atoms with Crippen molar-refractivity contribution < 1.29 is 9.59 Å². The Balaban J connectivity index is 2.00. The molecule has 0 spiro atoms. The van der Waals surface area contributed by atoms with Crippen LogP contribution in [0.15, 0.2) is 47.6 Å². The first kappa shape index (κ1) is 9.42. The monoisotopic (exact) mass is 240 g/mol. The van der Waals surface area contributed by atoms with Crippen LogP contribution in [0.5, 0.6) is 0 Å². The molecule has 3 aliphatic rings. The second-order valence-corrected chi connectivity index (χ2v) is 5.74. The van der Waals surface area contributed by atoms with Crippen LogP contribution in [0.2, 0.25) is 0 Å². The zero-order valence-electron chi connectivity index (χ0n) is 8.84. The van der Waals surface area contributed by atoms with E-state index in [-0.39, 0.29) is 16.8 Å². The Morgan fingerprint density at radius 2 is 1.71 bits per heavy atom. The van der Waals surface area contributed by atoms with E-state index in [0.29, 0.717) is 21.9 Å². The zero-order chi connectivity index (χ0) is 11.6. The van der Waals surface area contributed by atoms with Crippen molar-refractivity contribution in [2.45, 2.75) is 10.5 Å². The average Bonchev–Trinajstić information content (AvgIpc) is 3.14. The van der Waals surface area contributed by atoms with E-state index in [2.05, 4.69) is 0 Å². The van der Waals surface area contributed by atoms with Gasteiger partial charge in [0.25, 0.3) is 0 Å². The third-order valence-corrected chi connectivity index (χ3v) is 4.71. The van der Waals surface area contributed by atoms with E-state index in [4.69, 9.17) is 0 Å². The second kappa shape index (κ2) is 2.99. The number of rotatable bonds is 0. The largest absolute Gasteiger partial charge is 0.289 e. The lowest BCUT2D eigenvalue weighted by Crippen LogP contribution is -2.25. The summed E-state index contributed by atoms with van der Waals surface area (Å²) in [5.41, 5.74) is 2.45. The molecule has 0 amide bonds. The zero-order valence-corrected chi connectivity index (χ0v) is 9.66. The van der Waals surface area contributed by atoms with Crippen LogP contribution in [-0.4, -0.2) is 22.1 Å². The van der Waals surface area contributed by atoms with Gasteiger partial charge in [0.2, 0.25) is 0 Å². The maximum atomic E-state index is 12.4. The number of allylic oxidation sites excluding steroid dienone is 2. The number of hydrogen-bond acceptors (Lipinski definition) is 3. The highest BCUT2D eigenvalue weighted by Crippen LogP contribution is 2.52. The molecule has 0 bridgehead atoms. The van der Waals surface area contributed by atoms with Gasteiger partial charge in [-0.1, -0.05) is 36.4 Å². The molecule has 0 saturated carbocycles. The van der Waals surface area contributed by atoms with Gasteiger partial charge in [0.15, 0.2) is 11.6 Å². The lowest BCUT2D eigenvalue weighted by molar-refractivity contribution is 0.0976. The first-order valence-corrected chi connectivity index (χ1v) is 6.48. The van der Waals surface area contributed by atoms with Crippen molar-refractivity contribution in [3.05, 3.63) is 58.7 Å². The molecule has 82 valence electrons. The SMILES string of the molecule is O=C1C2=C(C(=O)c3ccccc31)C1SC1C=C2. The van der Waals surface area contributed by atoms with Crippen LogP contribution in [0, 0.1) is 0 Å². The Kier molecular flexibility index (Phi) is 1.66. The minimum atomic E-state index is -0.00241. The molecule has 17 heavy (non-hydrogen) atoms. The lowest BCUT2D eigenvalue weighted by Gasteiger charge is -2.20. The van der Waals surface area contributed by atoms with E-state index in [1.807, 2.05) is 18.2 Å². The van der Waals surface area contributed by atoms with Crippen molar-refractivity contribution in [3.63, 3.8) is 0 Å². The molecule has 1 aromatic rings. The van der Waals surface area contributed by atoms with Gasteiger partial charge in [0, 0.05) is 27.5 Å². The third kappa shape index (κ3) is 1.12. The number of hydrogen-bond donors (Lipinski definition) is 0. The van der Waals surface area contributed by atoms with E-state index in [9.17, 15) is 9.59 Å². The molecular formula is C14H8O2S. The second-order valence-electron chi connectivity index (χ2n) is 4.41. The number of ketones is 2. The fraction of sp³-hybridized carbons (Fsp3) is 0.143. The molecule has 1 fully saturated rings. The highest BCUT2D eigenvalue weighted by atomic mass is 32.2. The minimum absolute atomic E-state index is 0.00241. The Morgan fingerprint density at radius 3 is 2.47 bits per heavy atom. The van der Waals surface area contributed by atoms with Crippen molar-refractivity contribution in [1.82, 2.24) is 0 Å². The van der Waals surface area contributed by atoms with E-state index in [1.54, 1.807) is 30.0 Å². The van der Waals surface area contributed by atoms with Crippen LogP contribution in [0.1, 0.15) is 20.7 Å². The lowest BCUT2D eigenvalue weighted by atomic mass is 9.80.